The molecule has 0 radical (unpaired) electrons. The average Bonchev–Trinajstić information content (AvgIpc) is 2.79. The number of aryl methyl sites for hydroxylation is 1. The molecule has 0 unspecified atom stereocenters. The number of benzene rings is 1. The maximum Gasteiger partial charge on any atom is 0.120 e. The van der Waals surface area contributed by atoms with Crippen molar-refractivity contribution < 1.29 is 5.11 Å². The minimum atomic E-state index is -0.0330. The van der Waals surface area contributed by atoms with E-state index in [4.69, 9.17) is 5.73 Å². The van der Waals surface area contributed by atoms with Gasteiger partial charge in [-0.05, 0) is 49.8 Å². The van der Waals surface area contributed by atoms with Crippen LogP contribution in [0.25, 0.3) is 0 Å². The van der Waals surface area contributed by atoms with Gasteiger partial charge in [-0.25, -0.2) is 0 Å². The molecule has 0 heterocycles. The zero-order chi connectivity index (χ0) is 12.6. The Morgan fingerprint density at radius 2 is 1.94 bits per heavy atom. The highest BCUT2D eigenvalue weighted by molar-refractivity contribution is 9.10. The zero-order valence-corrected chi connectivity index (χ0v) is 12.0. The fraction of sp³-hybridized carbons (Fsp3) is 0.571. The Balaban J connectivity index is 2.40. The second-order valence-electron chi connectivity index (χ2n) is 5.14. The lowest BCUT2D eigenvalue weighted by Crippen LogP contribution is -2.20. The Bertz CT molecular complexity index is 425. The highest BCUT2D eigenvalue weighted by Gasteiger charge is 2.27. The average molecular weight is 298 g/mol. The van der Waals surface area contributed by atoms with Crippen molar-refractivity contribution in [1.82, 2.24) is 0 Å². The number of aromatic hydroxyl groups is 1. The predicted octanol–water partition coefficient (Wildman–Crippen LogP) is 3.96. The van der Waals surface area contributed by atoms with Crippen molar-refractivity contribution in [3.05, 3.63) is 27.2 Å². The van der Waals surface area contributed by atoms with Gasteiger partial charge in [0.15, 0.2) is 0 Å². The van der Waals surface area contributed by atoms with E-state index in [9.17, 15) is 5.11 Å². The van der Waals surface area contributed by atoms with Crippen LogP contribution in [0.5, 0.6) is 5.75 Å². The van der Waals surface area contributed by atoms with Crippen molar-refractivity contribution in [3.8, 4) is 5.75 Å². The van der Waals surface area contributed by atoms with Gasteiger partial charge in [0, 0.05) is 16.1 Å². The third kappa shape index (κ3) is 2.36. The van der Waals surface area contributed by atoms with Crippen molar-refractivity contribution in [2.75, 3.05) is 0 Å². The van der Waals surface area contributed by atoms with Crippen LogP contribution >= 0.6 is 15.9 Å². The summed E-state index contributed by atoms with van der Waals surface area (Å²) in [6.45, 7) is 4.02. The predicted molar refractivity (Wildman–Crippen MR) is 74.2 cm³/mol. The molecular weight excluding hydrogens is 278 g/mol. The van der Waals surface area contributed by atoms with Crippen LogP contribution < -0.4 is 5.73 Å². The van der Waals surface area contributed by atoms with Crippen molar-refractivity contribution in [3.63, 3.8) is 0 Å². The molecular formula is C14H20BrNO. The molecule has 1 aliphatic carbocycles. The topological polar surface area (TPSA) is 46.2 Å². The largest absolute Gasteiger partial charge is 0.508 e. The summed E-state index contributed by atoms with van der Waals surface area (Å²) >= 11 is 3.57. The van der Waals surface area contributed by atoms with E-state index in [-0.39, 0.29) is 6.04 Å². The number of phenols is 1. The van der Waals surface area contributed by atoms with Gasteiger partial charge in [0.2, 0.25) is 0 Å². The Morgan fingerprint density at radius 3 is 2.53 bits per heavy atom. The van der Waals surface area contributed by atoms with Crippen molar-refractivity contribution in [1.29, 1.82) is 0 Å². The summed E-state index contributed by atoms with van der Waals surface area (Å²) in [5, 5.41) is 10.1. The van der Waals surface area contributed by atoms with Crippen molar-refractivity contribution >= 4 is 15.9 Å². The molecule has 0 spiro atoms. The second-order valence-corrected chi connectivity index (χ2v) is 5.93. The molecule has 3 heteroatoms. The van der Waals surface area contributed by atoms with Gasteiger partial charge >= 0.3 is 0 Å². The first-order valence-corrected chi connectivity index (χ1v) is 7.05. The van der Waals surface area contributed by atoms with Crippen LogP contribution in [0.2, 0.25) is 0 Å². The standard InChI is InChI=1S/C14H20BrNO/c1-8-7-11(17)12(9(2)13(8)15)14(16)10-5-3-4-6-10/h7,10,14,17H,3-6,16H2,1-2H3/t14-/m1/s1. The number of halogens is 1. The number of rotatable bonds is 2. The lowest BCUT2D eigenvalue weighted by Gasteiger charge is -2.23. The van der Waals surface area contributed by atoms with E-state index < -0.39 is 0 Å². The van der Waals surface area contributed by atoms with E-state index in [0.717, 1.165) is 21.2 Å². The van der Waals surface area contributed by atoms with Gasteiger partial charge < -0.3 is 10.8 Å². The molecule has 0 saturated heterocycles. The van der Waals surface area contributed by atoms with E-state index in [1.165, 1.54) is 25.7 Å². The summed E-state index contributed by atoms with van der Waals surface area (Å²) in [6.07, 6.45) is 4.91. The summed E-state index contributed by atoms with van der Waals surface area (Å²) < 4.78 is 1.07. The zero-order valence-electron chi connectivity index (χ0n) is 10.5. The second kappa shape index (κ2) is 4.99. The van der Waals surface area contributed by atoms with E-state index >= 15 is 0 Å². The molecule has 1 atom stereocenters. The molecule has 1 fully saturated rings. The van der Waals surface area contributed by atoms with Gasteiger partial charge in [0.05, 0.1) is 0 Å². The maximum absolute atomic E-state index is 10.1. The summed E-state index contributed by atoms with van der Waals surface area (Å²) in [5.74, 6) is 0.872. The van der Waals surface area contributed by atoms with Gasteiger partial charge in [-0.3, -0.25) is 0 Å². The summed E-state index contributed by atoms with van der Waals surface area (Å²) in [4.78, 5) is 0. The van der Waals surface area contributed by atoms with E-state index in [1.54, 1.807) is 6.07 Å². The fourth-order valence-corrected chi connectivity index (χ4v) is 3.25. The van der Waals surface area contributed by atoms with Gasteiger partial charge in [-0.1, -0.05) is 28.8 Å². The molecule has 0 aromatic heterocycles. The third-order valence-electron chi connectivity index (χ3n) is 3.95. The first-order valence-electron chi connectivity index (χ1n) is 6.26. The Hall–Kier alpha value is -0.540. The van der Waals surface area contributed by atoms with Crippen LogP contribution in [-0.4, -0.2) is 5.11 Å². The normalized spacial score (nSPS) is 18.6. The minimum absolute atomic E-state index is 0.0330. The molecule has 1 saturated carbocycles. The van der Waals surface area contributed by atoms with Crippen molar-refractivity contribution in [2.45, 2.75) is 45.6 Å². The van der Waals surface area contributed by atoms with Crippen LogP contribution in [0.1, 0.15) is 48.4 Å². The molecule has 1 aromatic rings. The number of phenolic OH excluding ortho intramolecular Hbond substituents is 1. The molecule has 2 rings (SSSR count). The highest BCUT2D eigenvalue weighted by Crippen LogP contribution is 2.41. The first kappa shape index (κ1) is 12.9. The maximum atomic E-state index is 10.1. The molecule has 0 aliphatic heterocycles. The summed E-state index contributed by atoms with van der Waals surface area (Å²) in [6, 6.07) is 1.77. The molecule has 0 bridgehead atoms. The molecule has 17 heavy (non-hydrogen) atoms. The third-order valence-corrected chi connectivity index (χ3v) is 5.17. The van der Waals surface area contributed by atoms with Gasteiger partial charge in [-0.2, -0.15) is 0 Å². The first-order chi connectivity index (χ1) is 8.02. The molecule has 94 valence electrons. The van der Waals surface area contributed by atoms with Gasteiger partial charge in [0.1, 0.15) is 5.75 Å². The number of nitrogens with two attached hydrogens (primary N) is 1. The number of hydrogen-bond donors (Lipinski definition) is 2. The Morgan fingerprint density at radius 1 is 1.35 bits per heavy atom. The van der Waals surface area contributed by atoms with Crippen LogP contribution in [0.3, 0.4) is 0 Å². The summed E-state index contributed by atoms with van der Waals surface area (Å²) in [7, 11) is 0. The minimum Gasteiger partial charge on any atom is -0.508 e. The monoisotopic (exact) mass is 297 g/mol. The van der Waals surface area contributed by atoms with E-state index in [2.05, 4.69) is 15.9 Å². The Kier molecular flexibility index (Phi) is 3.79. The lowest BCUT2D eigenvalue weighted by molar-refractivity contribution is 0.410. The summed E-state index contributed by atoms with van der Waals surface area (Å²) in [5.41, 5.74) is 9.41. The van der Waals surface area contributed by atoms with Crippen LogP contribution in [-0.2, 0) is 0 Å². The van der Waals surface area contributed by atoms with Crippen LogP contribution in [0.4, 0.5) is 0 Å². The quantitative estimate of drug-likeness (QED) is 0.868. The van der Waals surface area contributed by atoms with Crippen LogP contribution in [0.15, 0.2) is 10.5 Å². The van der Waals surface area contributed by atoms with Crippen LogP contribution in [0, 0.1) is 19.8 Å². The lowest BCUT2D eigenvalue weighted by atomic mass is 9.88. The van der Waals surface area contributed by atoms with Crippen molar-refractivity contribution in [2.24, 2.45) is 11.7 Å². The molecule has 0 amide bonds. The molecule has 1 aliphatic rings. The van der Waals surface area contributed by atoms with Gasteiger partial charge in [0.25, 0.3) is 0 Å². The number of hydrogen-bond acceptors (Lipinski definition) is 2. The fourth-order valence-electron chi connectivity index (χ4n) is 2.93. The SMILES string of the molecule is Cc1cc(O)c([C@H](N)C2CCCC2)c(C)c1Br. The smallest absolute Gasteiger partial charge is 0.120 e. The van der Waals surface area contributed by atoms with E-state index in [1.807, 2.05) is 13.8 Å². The van der Waals surface area contributed by atoms with E-state index in [0.29, 0.717) is 11.7 Å². The molecule has 2 nitrogen and oxygen atoms in total. The molecule has 3 N–H and O–H groups in total. The highest BCUT2D eigenvalue weighted by atomic mass is 79.9. The Labute approximate surface area is 111 Å². The molecule has 1 aromatic carbocycles. The van der Waals surface area contributed by atoms with Gasteiger partial charge in [-0.15, -0.1) is 0 Å².